The Morgan fingerprint density at radius 2 is 1.78 bits per heavy atom. The third-order valence-corrected chi connectivity index (χ3v) is 3.83. The van der Waals surface area contributed by atoms with Gasteiger partial charge in [-0.2, -0.15) is 0 Å². The van der Waals surface area contributed by atoms with Crippen molar-refractivity contribution in [3.8, 4) is 5.75 Å². The summed E-state index contributed by atoms with van der Waals surface area (Å²) in [6.45, 7) is 0.488. The zero-order valence-corrected chi connectivity index (χ0v) is 14.8. The highest BCUT2D eigenvalue weighted by Crippen LogP contribution is 2.20. The van der Waals surface area contributed by atoms with Gasteiger partial charge in [0.2, 0.25) is 5.91 Å². The van der Waals surface area contributed by atoms with Gasteiger partial charge in [0.1, 0.15) is 5.75 Å². The van der Waals surface area contributed by atoms with Crippen molar-refractivity contribution in [1.82, 2.24) is 5.32 Å². The van der Waals surface area contributed by atoms with Crippen molar-refractivity contribution in [2.24, 2.45) is 0 Å². The summed E-state index contributed by atoms with van der Waals surface area (Å²) in [7, 11) is 0. The Morgan fingerprint density at radius 3 is 2.52 bits per heavy atom. The number of benzene rings is 2. The maximum Gasteiger partial charge on any atom is 0.226 e. The fourth-order valence-corrected chi connectivity index (χ4v) is 2.45. The predicted octanol–water partition coefficient (Wildman–Crippen LogP) is 4.12. The summed E-state index contributed by atoms with van der Waals surface area (Å²) >= 11 is 8.55. The molecule has 23 heavy (non-hydrogen) atoms. The topological polar surface area (TPSA) is 50.4 Å². The van der Waals surface area contributed by atoms with E-state index in [0.717, 1.165) is 15.9 Å². The van der Waals surface area contributed by atoms with Crippen LogP contribution in [0.3, 0.4) is 0 Å². The quantitative estimate of drug-likeness (QED) is 0.573. The summed E-state index contributed by atoms with van der Waals surface area (Å²) < 4.78 is 6.42. The van der Waals surface area contributed by atoms with Crippen LogP contribution in [0.5, 0.6) is 5.75 Å². The van der Waals surface area contributed by atoms with Crippen LogP contribution < -0.4 is 15.4 Å². The molecule has 2 rings (SSSR count). The van der Waals surface area contributed by atoms with Gasteiger partial charge < -0.3 is 15.4 Å². The van der Waals surface area contributed by atoms with Crippen molar-refractivity contribution in [1.29, 1.82) is 0 Å². The monoisotopic (exact) mass is 392 g/mol. The second kappa shape index (κ2) is 9.27. The molecule has 0 saturated heterocycles. The lowest BCUT2D eigenvalue weighted by molar-refractivity contribution is -0.119. The lowest BCUT2D eigenvalue weighted by atomic mass is 10.3. The van der Waals surface area contributed by atoms with Crippen molar-refractivity contribution < 1.29 is 9.53 Å². The lowest BCUT2D eigenvalue weighted by Gasteiger charge is -2.11. The summed E-state index contributed by atoms with van der Waals surface area (Å²) in [5, 5.41) is 5.92. The van der Waals surface area contributed by atoms with Crippen LogP contribution in [-0.4, -0.2) is 17.6 Å². The van der Waals surface area contributed by atoms with Gasteiger partial charge in [-0.3, -0.25) is 4.79 Å². The number of anilines is 1. The van der Waals surface area contributed by atoms with Gasteiger partial charge in [0.15, 0.2) is 5.11 Å². The van der Waals surface area contributed by atoms with Gasteiger partial charge in [-0.05, 0) is 58.8 Å². The SMILES string of the molecule is O=C(CCCOc1ccccc1)NC(=S)Nc1ccccc1Br. The standard InChI is InChI=1S/C17H17BrN2O2S/c18-14-9-4-5-10-15(14)19-17(23)20-16(21)11-6-12-22-13-7-2-1-3-8-13/h1-5,7-10H,6,11-12H2,(H2,19,20,21,23). The highest BCUT2D eigenvalue weighted by atomic mass is 79.9. The molecule has 0 heterocycles. The molecule has 0 bridgehead atoms. The third kappa shape index (κ3) is 6.38. The number of amides is 1. The fraction of sp³-hybridized carbons (Fsp3) is 0.176. The summed E-state index contributed by atoms with van der Waals surface area (Å²) in [4.78, 5) is 11.8. The van der Waals surface area contributed by atoms with E-state index in [2.05, 4.69) is 26.6 Å². The van der Waals surface area contributed by atoms with Gasteiger partial charge in [0, 0.05) is 10.9 Å². The summed E-state index contributed by atoms with van der Waals surface area (Å²) in [5.41, 5.74) is 0.810. The molecule has 0 radical (unpaired) electrons. The molecule has 1 amide bonds. The smallest absolute Gasteiger partial charge is 0.226 e. The Bertz CT molecular complexity index is 665. The van der Waals surface area contributed by atoms with Crippen molar-refractivity contribution in [3.63, 3.8) is 0 Å². The molecule has 0 aliphatic rings. The van der Waals surface area contributed by atoms with Crippen LogP contribution in [0.2, 0.25) is 0 Å². The van der Waals surface area contributed by atoms with E-state index in [1.54, 1.807) is 0 Å². The summed E-state index contributed by atoms with van der Waals surface area (Å²) in [6, 6.07) is 17.1. The van der Waals surface area contributed by atoms with Gasteiger partial charge in [0.25, 0.3) is 0 Å². The Labute approximate surface area is 149 Å². The van der Waals surface area contributed by atoms with Crippen LogP contribution in [0.25, 0.3) is 0 Å². The number of hydrogen-bond acceptors (Lipinski definition) is 3. The number of para-hydroxylation sites is 2. The molecule has 0 aliphatic heterocycles. The number of hydrogen-bond donors (Lipinski definition) is 2. The normalized spacial score (nSPS) is 9.96. The molecule has 2 N–H and O–H groups in total. The zero-order chi connectivity index (χ0) is 16.5. The Morgan fingerprint density at radius 1 is 1.09 bits per heavy atom. The first kappa shape index (κ1) is 17.4. The van der Waals surface area contributed by atoms with Crippen LogP contribution in [0.4, 0.5) is 5.69 Å². The largest absolute Gasteiger partial charge is 0.494 e. The van der Waals surface area contributed by atoms with Crippen LogP contribution >= 0.6 is 28.1 Å². The molecule has 0 aromatic heterocycles. The van der Waals surface area contributed by atoms with Gasteiger partial charge >= 0.3 is 0 Å². The molecule has 0 aliphatic carbocycles. The molecule has 0 spiro atoms. The van der Waals surface area contributed by atoms with Crippen molar-refractivity contribution in [3.05, 3.63) is 59.1 Å². The second-order valence-corrected chi connectivity index (χ2v) is 6.01. The van der Waals surface area contributed by atoms with E-state index in [1.165, 1.54) is 0 Å². The minimum atomic E-state index is -0.133. The van der Waals surface area contributed by atoms with E-state index in [4.69, 9.17) is 17.0 Å². The predicted molar refractivity (Wildman–Crippen MR) is 99.7 cm³/mol. The van der Waals surface area contributed by atoms with E-state index < -0.39 is 0 Å². The van der Waals surface area contributed by atoms with E-state index >= 15 is 0 Å². The molecule has 0 unspecified atom stereocenters. The van der Waals surface area contributed by atoms with Gasteiger partial charge in [0.05, 0.1) is 12.3 Å². The number of carbonyl (C=O) groups excluding carboxylic acids is 1. The number of carbonyl (C=O) groups is 1. The van der Waals surface area contributed by atoms with Crippen molar-refractivity contribution in [2.75, 3.05) is 11.9 Å². The molecule has 0 fully saturated rings. The summed E-state index contributed by atoms with van der Waals surface area (Å²) in [5.74, 6) is 0.672. The minimum absolute atomic E-state index is 0.133. The first-order chi connectivity index (χ1) is 11.1. The number of nitrogens with one attached hydrogen (secondary N) is 2. The average molecular weight is 393 g/mol. The molecule has 0 atom stereocenters. The van der Waals surface area contributed by atoms with Gasteiger partial charge in [-0.15, -0.1) is 0 Å². The van der Waals surface area contributed by atoms with E-state index in [0.29, 0.717) is 19.4 Å². The molecular formula is C17H17BrN2O2S. The highest BCUT2D eigenvalue weighted by Gasteiger charge is 2.06. The molecule has 2 aromatic carbocycles. The van der Waals surface area contributed by atoms with Gasteiger partial charge in [-0.1, -0.05) is 30.3 Å². The zero-order valence-electron chi connectivity index (χ0n) is 12.4. The van der Waals surface area contributed by atoms with Crippen LogP contribution in [0.1, 0.15) is 12.8 Å². The lowest BCUT2D eigenvalue weighted by Crippen LogP contribution is -2.34. The van der Waals surface area contributed by atoms with E-state index in [-0.39, 0.29) is 11.0 Å². The number of ether oxygens (including phenoxy) is 1. The molecule has 0 saturated carbocycles. The molecule has 4 nitrogen and oxygen atoms in total. The number of halogens is 1. The van der Waals surface area contributed by atoms with E-state index in [1.807, 2.05) is 54.6 Å². The Balaban J connectivity index is 1.66. The Kier molecular flexibility index (Phi) is 7.03. The number of thiocarbonyl (C=S) groups is 1. The number of rotatable bonds is 6. The molecule has 120 valence electrons. The second-order valence-electron chi connectivity index (χ2n) is 4.75. The summed E-state index contributed by atoms with van der Waals surface area (Å²) in [6.07, 6.45) is 0.975. The van der Waals surface area contributed by atoms with Crippen molar-refractivity contribution in [2.45, 2.75) is 12.8 Å². The van der Waals surface area contributed by atoms with E-state index in [9.17, 15) is 4.79 Å². The Hall–Kier alpha value is -1.92. The third-order valence-electron chi connectivity index (χ3n) is 2.94. The fourth-order valence-electron chi connectivity index (χ4n) is 1.84. The average Bonchev–Trinajstić information content (AvgIpc) is 2.55. The molecular weight excluding hydrogens is 376 g/mol. The van der Waals surface area contributed by atoms with Crippen molar-refractivity contribution >= 4 is 44.9 Å². The van der Waals surface area contributed by atoms with Crippen LogP contribution in [-0.2, 0) is 4.79 Å². The first-order valence-electron chi connectivity index (χ1n) is 7.18. The minimum Gasteiger partial charge on any atom is -0.494 e. The maximum absolute atomic E-state index is 11.8. The van der Waals surface area contributed by atoms with Gasteiger partial charge in [-0.25, -0.2) is 0 Å². The van der Waals surface area contributed by atoms with Crippen LogP contribution in [0.15, 0.2) is 59.1 Å². The molecule has 2 aromatic rings. The highest BCUT2D eigenvalue weighted by molar-refractivity contribution is 9.10. The maximum atomic E-state index is 11.8. The van der Waals surface area contributed by atoms with Crippen LogP contribution in [0, 0.1) is 0 Å². The first-order valence-corrected chi connectivity index (χ1v) is 8.38. The molecule has 6 heteroatoms.